The fourth-order valence-electron chi connectivity index (χ4n) is 2.57. The Balaban J connectivity index is 2.16. The minimum Gasteiger partial charge on any atom is -0.395 e. The van der Waals surface area contributed by atoms with Crippen LogP contribution < -0.4 is 5.73 Å². The number of rotatable bonds is 6. The molecule has 1 saturated carbocycles. The maximum absolute atomic E-state index is 9.25. The van der Waals surface area contributed by atoms with Crippen LogP contribution in [-0.2, 0) is 0 Å². The first-order chi connectivity index (χ1) is 8.24. The van der Waals surface area contributed by atoms with Crippen LogP contribution in [0.15, 0.2) is 17.5 Å². The quantitative estimate of drug-likeness (QED) is 0.816. The van der Waals surface area contributed by atoms with Crippen LogP contribution in [0.1, 0.15) is 37.1 Å². The van der Waals surface area contributed by atoms with Crippen molar-refractivity contribution in [2.45, 2.75) is 44.3 Å². The summed E-state index contributed by atoms with van der Waals surface area (Å²) in [6.07, 6.45) is 3.80. The van der Waals surface area contributed by atoms with Gasteiger partial charge in [0, 0.05) is 23.5 Å². The molecule has 1 fully saturated rings. The Morgan fingerprint density at radius 2 is 2.35 bits per heavy atom. The molecule has 0 aromatic carbocycles. The second-order valence-corrected chi connectivity index (χ2v) is 5.84. The minimum absolute atomic E-state index is 0.0980. The Morgan fingerprint density at radius 3 is 2.76 bits per heavy atom. The minimum atomic E-state index is 0.0980. The molecule has 0 radical (unpaired) electrons. The van der Waals surface area contributed by atoms with Crippen LogP contribution in [0.5, 0.6) is 0 Å². The molecule has 0 spiro atoms. The van der Waals surface area contributed by atoms with Crippen LogP contribution in [-0.4, -0.2) is 35.2 Å². The zero-order valence-corrected chi connectivity index (χ0v) is 11.2. The van der Waals surface area contributed by atoms with Crippen molar-refractivity contribution in [1.29, 1.82) is 0 Å². The van der Waals surface area contributed by atoms with Gasteiger partial charge >= 0.3 is 0 Å². The smallest absolute Gasteiger partial charge is 0.0593 e. The van der Waals surface area contributed by atoms with E-state index in [9.17, 15) is 5.11 Å². The summed E-state index contributed by atoms with van der Waals surface area (Å²) in [7, 11) is 0. The van der Waals surface area contributed by atoms with E-state index in [0.29, 0.717) is 6.04 Å². The average Bonchev–Trinajstić information content (AvgIpc) is 2.68. The van der Waals surface area contributed by atoms with Crippen LogP contribution in [0.25, 0.3) is 0 Å². The van der Waals surface area contributed by atoms with Crippen molar-refractivity contribution in [2.24, 2.45) is 5.73 Å². The molecule has 96 valence electrons. The number of aliphatic hydroxyl groups is 1. The molecule has 1 aromatic heterocycles. The summed E-state index contributed by atoms with van der Waals surface area (Å²) in [5.74, 6) is 0. The molecule has 1 heterocycles. The number of hydrogen-bond acceptors (Lipinski definition) is 4. The monoisotopic (exact) mass is 254 g/mol. The van der Waals surface area contributed by atoms with Gasteiger partial charge in [-0.15, -0.1) is 11.3 Å². The molecule has 0 saturated heterocycles. The van der Waals surface area contributed by atoms with Crippen molar-refractivity contribution in [3.05, 3.63) is 22.4 Å². The van der Waals surface area contributed by atoms with E-state index >= 15 is 0 Å². The van der Waals surface area contributed by atoms with Gasteiger partial charge in [-0.3, -0.25) is 4.90 Å². The number of aliphatic hydroxyl groups excluding tert-OH is 1. The van der Waals surface area contributed by atoms with Gasteiger partial charge in [-0.2, -0.15) is 0 Å². The fraction of sp³-hybridized carbons (Fsp3) is 0.692. The molecule has 2 unspecified atom stereocenters. The predicted molar refractivity (Wildman–Crippen MR) is 72.1 cm³/mol. The highest BCUT2D eigenvalue weighted by molar-refractivity contribution is 7.10. The van der Waals surface area contributed by atoms with E-state index < -0.39 is 0 Å². The van der Waals surface area contributed by atoms with Crippen molar-refractivity contribution in [2.75, 3.05) is 13.2 Å². The summed E-state index contributed by atoms with van der Waals surface area (Å²) in [6.45, 7) is 3.01. The van der Waals surface area contributed by atoms with Gasteiger partial charge in [0.05, 0.1) is 12.6 Å². The number of thiophene rings is 1. The van der Waals surface area contributed by atoms with Crippen LogP contribution in [0.3, 0.4) is 0 Å². The maximum Gasteiger partial charge on any atom is 0.0593 e. The van der Waals surface area contributed by atoms with Gasteiger partial charge in [-0.25, -0.2) is 0 Å². The SMILES string of the molecule is CC(N)C(c1cccs1)N(CCO)C1CCC1. The molecule has 1 aromatic rings. The standard InChI is InChI=1S/C13H22N2OS/c1-10(14)13(12-6-3-9-17-12)15(7-8-16)11-4-2-5-11/h3,6,9-11,13,16H,2,4-5,7-8,14H2,1H3. The topological polar surface area (TPSA) is 49.5 Å². The van der Waals surface area contributed by atoms with Gasteiger partial charge in [0.25, 0.3) is 0 Å². The first-order valence-corrected chi connectivity index (χ1v) is 7.27. The van der Waals surface area contributed by atoms with Gasteiger partial charge in [-0.1, -0.05) is 12.5 Å². The molecule has 4 heteroatoms. The van der Waals surface area contributed by atoms with E-state index in [1.807, 2.05) is 0 Å². The second-order valence-electron chi connectivity index (χ2n) is 4.87. The lowest BCUT2D eigenvalue weighted by molar-refractivity contribution is 0.0518. The average molecular weight is 254 g/mol. The van der Waals surface area contributed by atoms with Gasteiger partial charge < -0.3 is 10.8 Å². The number of hydrogen-bond donors (Lipinski definition) is 2. The van der Waals surface area contributed by atoms with E-state index in [4.69, 9.17) is 5.73 Å². The molecule has 2 rings (SSSR count). The number of nitrogens with zero attached hydrogens (tertiary/aromatic N) is 1. The molecule has 3 nitrogen and oxygen atoms in total. The third-order valence-corrected chi connectivity index (χ3v) is 4.53. The highest BCUT2D eigenvalue weighted by atomic mass is 32.1. The van der Waals surface area contributed by atoms with Crippen LogP contribution >= 0.6 is 11.3 Å². The summed E-state index contributed by atoms with van der Waals surface area (Å²) in [6, 6.07) is 5.20. The van der Waals surface area contributed by atoms with E-state index in [1.165, 1.54) is 24.1 Å². The molecule has 0 aliphatic heterocycles. The molecular formula is C13H22N2OS. The van der Waals surface area contributed by atoms with Crippen molar-refractivity contribution in [3.63, 3.8) is 0 Å². The summed E-state index contributed by atoms with van der Waals surface area (Å²) in [4.78, 5) is 3.72. The lowest BCUT2D eigenvalue weighted by Crippen LogP contribution is -2.48. The van der Waals surface area contributed by atoms with Crippen molar-refractivity contribution in [1.82, 2.24) is 4.90 Å². The van der Waals surface area contributed by atoms with Gasteiger partial charge in [0.2, 0.25) is 0 Å². The normalized spacial score (nSPS) is 20.2. The summed E-state index contributed by atoms with van der Waals surface area (Å²) in [5.41, 5.74) is 6.16. The lowest BCUT2D eigenvalue weighted by Gasteiger charge is -2.43. The van der Waals surface area contributed by atoms with E-state index in [1.54, 1.807) is 11.3 Å². The molecule has 1 aliphatic carbocycles. The van der Waals surface area contributed by atoms with Gasteiger partial charge in [0.15, 0.2) is 0 Å². The van der Waals surface area contributed by atoms with Crippen LogP contribution in [0, 0.1) is 0 Å². The Hall–Kier alpha value is -0.420. The summed E-state index contributed by atoms with van der Waals surface area (Å²) >= 11 is 1.76. The first-order valence-electron chi connectivity index (χ1n) is 6.39. The lowest BCUT2D eigenvalue weighted by atomic mass is 9.89. The van der Waals surface area contributed by atoms with E-state index in [2.05, 4.69) is 29.3 Å². The van der Waals surface area contributed by atoms with Crippen molar-refractivity contribution < 1.29 is 5.11 Å². The summed E-state index contributed by atoms with van der Waals surface area (Å²) in [5, 5.41) is 11.4. The third-order valence-electron chi connectivity index (χ3n) is 3.59. The molecular weight excluding hydrogens is 232 g/mol. The first kappa shape index (κ1) is 13.0. The Morgan fingerprint density at radius 1 is 1.59 bits per heavy atom. The highest BCUT2D eigenvalue weighted by Crippen LogP contribution is 2.35. The Labute approximate surface area is 107 Å². The fourth-order valence-corrected chi connectivity index (χ4v) is 3.53. The third kappa shape index (κ3) is 2.88. The molecule has 0 bridgehead atoms. The van der Waals surface area contributed by atoms with E-state index in [-0.39, 0.29) is 18.7 Å². The predicted octanol–water partition coefficient (Wildman–Crippen LogP) is 1.98. The zero-order valence-electron chi connectivity index (χ0n) is 10.4. The number of nitrogens with two attached hydrogens (primary N) is 1. The second kappa shape index (κ2) is 5.96. The van der Waals surface area contributed by atoms with Gasteiger partial charge in [-0.05, 0) is 31.2 Å². The van der Waals surface area contributed by atoms with Crippen molar-refractivity contribution in [3.8, 4) is 0 Å². The van der Waals surface area contributed by atoms with Crippen molar-refractivity contribution >= 4 is 11.3 Å². The highest BCUT2D eigenvalue weighted by Gasteiger charge is 2.33. The zero-order chi connectivity index (χ0) is 12.3. The largest absolute Gasteiger partial charge is 0.395 e. The molecule has 2 atom stereocenters. The van der Waals surface area contributed by atoms with E-state index in [0.717, 1.165) is 6.54 Å². The summed E-state index contributed by atoms with van der Waals surface area (Å²) < 4.78 is 0. The molecule has 17 heavy (non-hydrogen) atoms. The van der Waals surface area contributed by atoms with Crippen LogP contribution in [0.4, 0.5) is 0 Å². The molecule has 3 N–H and O–H groups in total. The molecule has 0 amide bonds. The maximum atomic E-state index is 9.25. The Bertz CT molecular complexity index is 322. The Kier molecular flexibility index (Phi) is 4.56. The molecule has 1 aliphatic rings. The van der Waals surface area contributed by atoms with Crippen LogP contribution in [0.2, 0.25) is 0 Å². The van der Waals surface area contributed by atoms with Gasteiger partial charge in [0.1, 0.15) is 0 Å².